The van der Waals surface area contributed by atoms with E-state index < -0.39 is 0 Å². The third-order valence-electron chi connectivity index (χ3n) is 2.15. The molecule has 2 aromatic rings. The smallest absolute Gasteiger partial charge is 0.171 e. The highest BCUT2D eigenvalue weighted by atomic mass is 16.4. The lowest BCUT2D eigenvalue weighted by Crippen LogP contribution is -2.13. The molecule has 0 aliphatic carbocycles. The van der Waals surface area contributed by atoms with Crippen molar-refractivity contribution < 1.29 is 5.21 Å². The highest BCUT2D eigenvalue weighted by Gasteiger charge is 1.98. The Hall–Kier alpha value is -2.87. The van der Waals surface area contributed by atoms with Gasteiger partial charge in [-0.15, -0.1) is 0 Å². The van der Waals surface area contributed by atoms with Crippen LogP contribution in [0.15, 0.2) is 47.9 Å². The summed E-state index contributed by atoms with van der Waals surface area (Å²) in [5.41, 5.74) is 7.24. The third-order valence-corrected chi connectivity index (χ3v) is 2.15. The first kappa shape index (κ1) is 11.6. The molecule has 0 bridgehead atoms. The Kier molecular flexibility index (Phi) is 3.52. The molecule has 0 fully saturated rings. The number of aromatic nitrogens is 2. The first-order valence-corrected chi connectivity index (χ1v) is 5.16. The molecule has 0 aliphatic heterocycles. The molecule has 0 aliphatic rings. The number of oxime groups is 1. The molecule has 0 unspecified atom stereocenters. The fourth-order valence-corrected chi connectivity index (χ4v) is 1.24. The van der Waals surface area contributed by atoms with E-state index in [0.717, 1.165) is 0 Å². The van der Waals surface area contributed by atoms with Crippen LogP contribution in [0.25, 0.3) is 0 Å². The average Bonchev–Trinajstić information content (AvgIpc) is 2.46. The second-order valence-electron chi connectivity index (χ2n) is 3.38. The monoisotopic (exact) mass is 238 g/mol. The third kappa shape index (κ3) is 2.83. The Morgan fingerprint density at radius 1 is 1.11 bits per heavy atom. The van der Waals surface area contributed by atoms with Crippen LogP contribution >= 0.6 is 0 Å². The normalized spacial score (nSPS) is 10.6. The van der Waals surface area contributed by atoms with Gasteiger partial charge in [-0.3, -0.25) is 0 Å². The Morgan fingerprint density at radius 3 is 2.44 bits per heavy atom. The van der Waals surface area contributed by atoms with E-state index in [-0.39, 0.29) is 5.84 Å². The van der Waals surface area contributed by atoms with E-state index in [1.54, 1.807) is 18.3 Å². The molecule has 18 heavy (non-hydrogen) atoms. The van der Waals surface area contributed by atoms with Crippen LogP contribution in [0.1, 0.15) is 17.0 Å². The molecule has 5 heteroatoms. The van der Waals surface area contributed by atoms with E-state index >= 15 is 0 Å². The topological polar surface area (TPSA) is 84.4 Å². The van der Waals surface area contributed by atoms with Gasteiger partial charge in [0.2, 0.25) is 0 Å². The molecule has 0 amide bonds. The minimum absolute atomic E-state index is 0.0201. The summed E-state index contributed by atoms with van der Waals surface area (Å²) in [6, 6.07) is 8.90. The van der Waals surface area contributed by atoms with E-state index in [2.05, 4.69) is 27.0 Å². The molecule has 2 aromatic heterocycles. The van der Waals surface area contributed by atoms with Crippen molar-refractivity contribution in [2.75, 3.05) is 0 Å². The Labute approximate surface area is 104 Å². The Morgan fingerprint density at radius 2 is 1.89 bits per heavy atom. The van der Waals surface area contributed by atoms with Gasteiger partial charge in [0.1, 0.15) is 11.4 Å². The minimum Gasteiger partial charge on any atom is -0.409 e. The molecule has 0 saturated heterocycles. The van der Waals surface area contributed by atoms with Crippen molar-refractivity contribution in [3.05, 3.63) is 59.7 Å². The van der Waals surface area contributed by atoms with Gasteiger partial charge in [0, 0.05) is 18.0 Å². The fourth-order valence-electron chi connectivity index (χ4n) is 1.24. The van der Waals surface area contributed by atoms with E-state index in [4.69, 9.17) is 10.9 Å². The van der Waals surface area contributed by atoms with Gasteiger partial charge in [-0.1, -0.05) is 11.2 Å². The largest absolute Gasteiger partial charge is 0.409 e. The lowest BCUT2D eigenvalue weighted by Gasteiger charge is -1.96. The molecule has 5 nitrogen and oxygen atoms in total. The van der Waals surface area contributed by atoms with E-state index in [1.807, 2.05) is 18.2 Å². The summed E-state index contributed by atoms with van der Waals surface area (Å²) in [7, 11) is 0. The zero-order valence-electron chi connectivity index (χ0n) is 9.41. The molecular formula is C13H10N4O. The molecule has 88 valence electrons. The molecule has 0 aromatic carbocycles. The SMILES string of the molecule is N/C(=N/O)c1ccc(C#Cc2ccccn2)nc1. The molecule has 2 rings (SSSR count). The van der Waals surface area contributed by atoms with Crippen molar-refractivity contribution >= 4 is 5.84 Å². The molecule has 0 spiro atoms. The van der Waals surface area contributed by atoms with Crippen molar-refractivity contribution in [3.63, 3.8) is 0 Å². The van der Waals surface area contributed by atoms with Crippen molar-refractivity contribution in [1.29, 1.82) is 0 Å². The van der Waals surface area contributed by atoms with Crippen LogP contribution in [-0.4, -0.2) is 21.0 Å². The number of rotatable bonds is 1. The second kappa shape index (κ2) is 5.46. The van der Waals surface area contributed by atoms with Gasteiger partial charge in [0.05, 0.1) is 0 Å². The number of nitrogens with two attached hydrogens (primary N) is 1. The quantitative estimate of drug-likeness (QED) is 0.255. The lowest BCUT2D eigenvalue weighted by molar-refractivity contribution is 0.318. The highest BCUT2D eigenvalue weighted by Crippen LogP contribution is 1.99. The summed E-state index contributed by atoms with van der Waals surface area (Å²) in [4.78, 5) is 8.17. The highest BCUT2D eigenvalue weighted by molar-refractivity contribution is 5.96. The van der Waals surface area contributed by atoms with Crippen molar-refractivity contribution in [2.45, 2.75) is 0 Å². The van der Waals surface area contributed by atoms with Crippen LogP contribution in [0.2, 0.25) is 0 Å². The average molecular weight is 238 g/mol. The number of hydrogen-bond donors (Lipinski definition) is 2. The van der Waals surface area contributed by atoms with Crippen LogP contribution in [-0.2, 0) is 0 Å². The second-order valence-corrected chi connectivity index (χ2v) is 3.38. The summed E-state index contributed by atoms with van der Waals surface area (Å²) < 4.78 is 0. The van der Waals surface area contributed by atoms with Gasteiger partial charge in [-0.25, -0.2) is 9.97 Å². The summed E-state index contributed by atoms with van der Waals surface area (Å²) in [6.45, 7) is 0. The van der Waals surface area contributed by atoms with Crippen LogP contribution in [0.3, 0.4) is 0 Å². The van der Waals surface area contributed by atoms with Crippen molar-refractivity contribution in [1.82, 2.24) is 9.97 Å². The molecule has 0 radical (unpaired) electrons. The molecular weight excluding hydrogens is 228 g/mol. The van der Waals surface area contributed by atoms with Gasteiger partial charge in [-0.05, 0) is 36.1 Å². The summed E-state index contributed by atoms with van der Waals surface area (Å²) >= 11 is 0. The van der Waals surface area contributed by atoms with Crippen LogP contribution in [0, 0.1) is 11.8 Å². The fraction of sp³-hybridized carbons (Fsp3) is 0. The zero-order chi connectivity index (χ0) is 12.8. The predicted octanol–water partition coefficient (Wildman–Crippen LogP) is 0.971. The first-order chi connectivity index (χ1) is 8.79. The summed E-state index contributed by atoms with van der Waals surface area (Å²) in [6.07, 6.45) is 3.18. The Balaban J connectivity index is 2.19. The molecule has 0 saturated carbocycles. The molecule has 0 atom stereocenters. The van der Waals surface area contributed by atoms with Gasteiger partial charge >= 0.3 is 0 Å². The van der Waals surface area contributed by atoms with Gasteiger partial charge in [0.25, 0.3) is 0 Å². The standard InChI is InChI=1S/C13H10N4O/c14-13(17-18)10-4-5-12(16-9-10)7-6-11-3-1-2-8-15-11/h1-5,8-9,18H,(H2,14,17). The van der Waals surface area contributed by atoms with Crippen LogP contribution in [0.5, 0.6) is 0 Å². The van der Waals surface area contributed by atoms with Gasteiger partial charge in [0.15, 0.2) is 5.84 Å². The number of nitrogens with zero attached hydrogens (tertiary/aromatic N) is 3. The number of hydrogen-bond acceptors (Lipinski definition) is 4. The summed E-state index contributed by atoms with van der Waals surface area (Å²) in [5, 5.41) is 11.4. The van der Waals surface area contributed by atoms with Gasteiger partial charge in [-0.2, -0.15) is 0 Å². The van der Waals surface area contributed by atoms with Crippen molar-refractivity contribution in [3.8, 4) is 11.8 Å². The van der Waals surface area contributed by atoms with E-state index in [9.17, 15) is 0 Å². The summed E-state index contributed by atoms with van der Waals surface area (Å²) in [5.74, 6) is 5.79. The number of amidine groups is 1. The Bertz CT molecular complexity index is 609. The number of pyridine rings is 2. The first-order valence-electron chi connectivity index (χ1n) is 5.16. The van der Waals surface area contributed by atoms with E-state index in [1.165, 1.54) is 6.20 Å². The van der Waals surface area contributed by atoms with Crippen LogP contribution in [0.4, 0.5) is 0 Å². The van der Waals surface area contributed by atoms with E-state index in [0.29, 0.717) is 17.0 Å². The van der Waals surface area contributed by atoms with Gasteiger partial charge < -0.3 is 10.9 Å². The minimum atomic E-state index is 0.0201. The molecule has 3 N–H and O–H groups in total. The predicted molar refractivity (Wildman–Crippen MR) is 67.0 cm³/mol. The molecule has 2 heterocycles. The van der Waals surface area contributed by atoms with Crippen LogP contribution < -0.4 is 5.73 Å². The lowest BCUT2D eigenvalue weighted by atomic mass is 10.2. The maximum atomic E-state index is 8.51. The van der Waals surface area contributed by atoms with Crippen molar-refractivity contribution in [2.24, 2.45) is 10.9 Å². The maximum absolute atomic E-state index is 8.51. The maximum Gasteiger partial charge on any atom is 0.171 e. The zero-order valence-corrected chi connectivity index (χ0v) is 9.41.